The average Bonchev–Trinajstić information content (AvgIpc) is 3.19. The lowest BCUT2D eigenvalue weighted by atomic mass is 9.93. The lowest BCUT2D eigenvalue weighted by molar-refractivity contribution is -0.120. The van der Waals surface area contributed by atoms with Gasteiger partial charge in [0.05, 0.1) is 18.3 Å². The van der Waals surface area contributed by atoms with Crippen LogP contribution in [0.4, 0.5) is 5.69 Å². The number of ether oxygens (including phenoxy) is 1. The molecule has 1 amide bonds. The Balaban J connectivity index is 1.59. The van der Waals surface area contributed by atoms with Crippen LogP contribution in [0, 0.1) is 0 Å². The summed E-state index contributed by atoms with van der Waals surface area (Å²) in [5, 5.41) is 1.73. The van der Waals surface area contributed by atoms with E-state index in [1.165, 1.54) is 10.9 Å². The van der Waals surface area contributed by atoms with Crippen LogP contribution in [-0.4, -0.2) is 33.6 Å². The number of fused-ring (bicyclic) bond motifs is 4. The Kier molecular flexibility index (Phi) is 3.91. The maximum absolute atomic E-state index is 13.5. The third-order valence-electron chi connectivity index (χ3n) is 5.74. The second-order valence-corrected chi connectivity index (χ2v) is 7.59. The molecule has 0 radical (unpaired) electrons. The van der Waals surface area contributed by atoms with Crippen molar-refractivity contribution in [3.8, 4) is 5.75 Å². The first kappa shape index (κ1) is 17.3. The van der Waals surface area contributed by atoms with Gasteiger partial charge in [0.25, 0.3) is 5.91 Å². The van der Waals surface area contributed by atoms with Crippen molar-refractivity contribution in [3.63, 3.8) is 0 Å². The van der Waals surface area contributed by atoms with E-state index in [-0.39, 0.29) is 18.0 Å². The molecule has 2 aliphatic heterocycles. The van der Waals surface area contributed by atoms with Crippen LogP contribution in [-0.2, 0) is 11.2 Å². The predicted molar refractivity (Wildman–Crippen MR) is 114 cm³/mol. The Bertz CT molecular complexity index is 1110. The summed E-state index contributed by atoms with van der Waals surface area (Å²) in [7, 11) is 0. The second-order valence-electron chi connectivity index (χ2n) is 7.22. The number of aromatic amines is 1. The number of benzene rings is 2. The van der Waals surface area contributed by atoms with Crippen molar-refractivity contribution in [2.24, 2.45) is 0 Å². The van der Waals surface area contributed by atoms with Gasteiger partial charge in [-0.25, -0.2) is 0 Å². The summed E-state index contributed by atoms with van der Waals surface area (Å²) in [5.74, 6) is 0.692. The fraction of sp³-hybridized carbons (Fsp3) is 0.273. The Hall–Kier alpha value is -2.86. The van der Waals surface area contributed by atoms with Crippen LogP contribution >= 0.6 is 12.2 Å². The maximum atomic E-state index is 13.5. The Morgan fingerprint density at radius 1 is 1.18 bits per heavy atom. The molecule has 1 N–H and O–H groups in total. The van der Waals surface area contributed by atoms with E-state index in [1.807, 2.05) is 43.3 Å². The zero-order valence-electron chi connectivity index (χ0n) is 15.8. The predicted octanol–water partition coefficient (Wildman–Crippen LogP) is 4.19. The summed E-state index contributed by atoms with van der Waals surface area (Å²) >= 11 is 5.79. The quantitative estimate of drug-likeness (QED) is 0.681. The fourth-order valence-electron chi connectivity index (χ4n) is 4.50. The SMILES string of the molecule is CCOc1ccccc1N1C(=O)[C@H]2Cc3c([nH]c4ccccc34)[C@H](C)N2C1=S. The van der Waals surface area contributed by atoms with Gasteiger partial charge in [0.1, 0.15) is 11.8 Å². The number of hydrogen-bond acceptors (Lipinski definition) is 3. The van der Waals surface area contributed by atoms with E-state index >= 15 is 0 Å². The van der Waals surface area contributed by atoms with Crippen molar-refractivity contribution in [1.82, 2.24) is 9.88 Å². The number of anilines is 1. The van der Waals surface area contributed by atoms with Crippen molar-refractivity contribution >= 4 is 39.8 Å². The number of nitrogens with one attached hydrogen (secondary N) is 1. The summed E-state index contributed by atoms with van der Waals surface area (Å²) in [6, 6.07) is 15.6. The van der Waals surface area contributed by atoms with Crippen molar-refractivity contribution in [3.05, 3.63) is 59.8 Å². The van der Waals surface area contributed by atoms with E-state index in [0.717, 1.165) is 16.9 Å². The minimum Gasteiger partial charge on any atom is -0.492 e. The molecule has 6 heteroatoms. The standard InChI is InChI=1S/C22H21N3O2S/c1-3-27-19-11-7-6-10-17(19)25-21(26)18-12-15-14-8-4-5-9-16(14)23-20(15)13(2)24(18)22(25)28/h4-11,13,18,23H,3,12H2,1-2H3/t13-,18+/m0/s1. The number of hydrogen-bond donors (Lipinski definition) is 1. The molecule has 5 rings (SSSR count). The summed E-state index contributed by atoms with van der Waals surface area (Å²) in [4.78, 5) is 20.7. The number of thiocarbonyl (C=S) groups is 1. The number of carbonyl (C=O) groups is 1. The van der Waals surface area contributed by atoms with E-state index in [2.05, 4.69) is 28.9 Å². The first-order valence-corrected chi connectivity index (χ1v) is 10.00. The van der Waals surface area contributed by atoms with Gasteiger partial charge in [-0.15, -0.1) is 0 Å². The average molecular weight is 391 g/mol. The lowest BCUT2D eigenvalue weighted by Crippen LogP contribution is -2.42. The zero-order valence-corrected chi connectivity index (χ0v) is 16.6. The topological polar surface area (TPSA) is 48.6 Å². The molecule has 142 valence electrons. The summed E-state index contributed by atoms with van der Waals surface area (Å²) in [6.07, 6.45) is 0.649. The molecule has 1 aromatic heterocycles. The lowest BCUT2D eigenvalue weighted by Gasteiger charge is -2.35. The Morgan fingerprint density at radius 3 is 2.75 bits per heavy atom. The summed E-state index contributed by atoms with van der Waals surface area (Å²) in [5.41, 5.74) is 4.19. The first-order valence-electron chi connectivity index (χ1n) is 9.59. The van der Waals surface area contributed by atoms with Gasteiger partial charge < -0.3 is 14.6 Å². The normalized spacial score (nSPS) is 21.2. The number of aromatic nitrogens is 1. The minimum absolute atomic E-state index is 0.00172. The summed E-state index contributed by atoms with van der Waals surface area (Å²) < 4.78 is 5.75. The highest BCUT2D eigenvalue weighted by Gasteiger charge is 2.49. The maximum Gasteiger partial charge on any atom is 0.256 e. The van der Waals surface area contributed by atoms with E-state index in [0.29, 0.717) is 23.9 Å². The van der Waals surface area contributed by atoms with Crippen LogP contribution in [0.1, 0.15) is 31.1 Å². The first-order chi connectivity index (χ1) is 13.6. The number of H-pyrrole nitrogens is 1. The third kappa shape index (κ3) is 2.31. The molecule has 1 fully saturated rings. The van der Waals surface area contributed by atoms with Gasteiger partial charge in [-0.05, 0) is 49.8 Å². The summed E-state index contributed by atoms with van der Waals surface area (Å²) in [6.45, 7) is 4.58. The largest absolute Gasteiger partial charge is 0.492 e. The Morgan fingerprint density at radius 2 is 1.93 bits per heavy atom. The molecule has 0 unspecified atom stereocenters. The molecule has 2 atom stereocenters. The smallest absolute Gasteiger partial charge is 0.256 e. The monoisotopic (exact) mass is 391 g/mol. The van der Waals surface area contributed by atoms with Crippen molar-refractivity contribution in [1.29, 1.82) is 0 Å². The van der Waals surface area contributed by atoms with Crippen molar-refractivity contribution in [2.75, 3.05) is 11.5 Å². The van der Waals surface area contributed by atoms with Gasteiger partial charge in [0, 0.05) is 23.0 Å². The minimum atomic E-state index is -0.288. The van der Waals surface area contributed by atoms with Crippen molar-refractivity contribution < 1.29 is 9.53 Å². The molecule has 1 saturated heterocycles. The van der Waals surface area contributed by atoms with Gasteiger partial charge in [0.15, 0.2) is 5.11 Å². The molecular formula is C22H21N3O2S. The zero-order chi connectivity index (χ0) is 19.4. The highest BCUT2D eigenvalue weighted by molar-refractivity contribution is 7.80. The highest BCUT2D eigenvalue weighted by Crippen LogP contribution is 2.43. The van der Waals surface area contributed by atoms with Gasteiger partial charge in [-0.1, -0.05) is 30.3 Å². The molecule has 2 aromatic carbocycles. The second kappa shape index (κ2) is 6.34. The van der Waals surface area contributed by atoms with E-state index in [4.69, 9.17) is 17.0 Å². The highest BCUT2D eigenvalue weighted by atomic mass is 32.1. The van der Waals surface area contributed by atoms with E-state index in [1.54, 1.807) is 4.90 Å². The van der Waals surface area contributed by atoms with E-state index in [9.17, 15) is 4.79 Å². The van der Waals surface area contributed by atoms with Crippen LogP contribution < -0.4 is 9.64 Å². The fourth-order valence-corrected chi connectivity index (χ4v) is 4.98. The van der Waals surface area contributed by atoms with Crippen LogP contribution in [0.2, 0.25) is 0 Å². The van der Waals surface area contributed by atoms with Crippen molar-refractivity contribution in [2.45, 2.75) is 32.4 Å². The number of rotatable bonds is 3. The molecule has 0 bridgehead atoms. The molecule has 0 saturated carbocycles. The number of para-hydroxylation sites is 3. The van der Waals surface area contributed by atoms with Crippen LogP contribution in [0.25, 0.3) is 10.9 Å². The Labute approximate surface area is 168 Å². The molecule has 0 aliphatic carbocycles. The van der Waals surface area contributed by atoms with Gasteiger partial charge >= 0.3 is 0 Å². The molecular weight excluding hydrogens is 370 g/mol. The third-order valence-corrected chi connectivity index (χ3v) is 6.13. The van der Waals surface area contributed by atoms with Gasteiger partial charge in [-0.2, -0.15) is 0 Å². The number of nitrogens with zero attached hydrogens (tertiary/aromatic N) is 2. The molecule has 2 aliphatic rings. The molecule has 3 heterocycles. The number of amides is 1. The molecule has 3 aromatic rings. The van der Waals surface area contributed by atoms with Crippen LogP contribution in [0.3, 0.4) is 0 Å². The van der Waals surface area contributed by atoms with Gasteiger partial charge in [-0.3, -0.25) is 9.69 Å². The van der Waals surface area contributed by atoms with E-state index < -0.39 is 0 Å². The molecule has 0 spiro atoms. The van der Waals surface area contributed by atoms with Gasteiger partial charge in [0.2, 0.25) is 0 Å². The molecule has 28 heavy (non-hydrogen) atoms. The number of carbonyl (C=O) groups excluding carboxylic acids is 1. The molecule has 5 nitrogen and oxygen atoms in total. The van der Waals surface area contributed by atoms with Crippen LogP contribution in [0.5, 0.6) is 5.75 Å². The van der Waals surface area contributed by atoms with Crippen LogP contribution in [0.15, 0.2) is 48.5 Å².